The standard InChI is InChI=1S/C18H24N4O3S/c19-14-18(8-2-1-3-9-18)21-17(23)15-6-11-22(12-7-15)26(24,25)16-5-4-10-20-13-16/h4-5,10,13,15H,1-3,6-9,11-12H2,(H,21,23). The topological polar surface area (TPSA) is 103 Å². The van der Waals surface area contributed by atoms with Crippen molar-refractivity contribution in [2.45, 2.75) is 55.4 Å². The number of sulfonamides is 1. The van der Waals surface area contributed by atoms with Gasteiger partial charge in [-0.2, -0.15) is 9.57 Å². The lowest BCUT2D eigenvalue weighted by atomic mass is 9.82. The van der Waals surface area contributed by atoms with Crippen LogP contribution in [0.4, 0.5) is 0 Å². The SMILES string of the molecule is N#CC1(NC(=O)C2CCN(S(=O)(=O)c3cccnc3)CC2)CCCCC1. The Morgan fingerprint density at radius 2 is 1.96 bits per heavy atom. The maximum Gasteiger partial charge on any atom is 0.244 e. The number of hydrogen-bond donors (Lipinski definition) is 1. The third-order valence-corrected chi connectivity index (χ3v) is 7.26. The van der Waals surface area contributed by atoms with Crippen LogP contribution in [0.1, 0.15) is 44.9 Å². The minimum Gasteiger partial charge on any atom is -0.338 e. The van der Waals surface area contributed by atoms with Gasteiger partial charge in [-0.25, -0.2) is 8.42 Å². The molecular weight excluding hydrogens is 352 g/mol. The molecule has 0 bridgehead atoms. The quantitative estimate of drug-likeness (QED) is 0.863. The number of rotatable bonds is 4. The first kappa shape index (κ1) is 18.8. The van der Waals surface area contributed by atoms with Crippen molar-refractivity contribution >= 4 is 15.9 Å². The Hall–Kier alpha value is -1.98. The number of hydrogen-bond acceptors (Lipinski definition) is 5. The van der Waals surface area contributed by atoms with E-state index in [0.29, 0.717) is 38.8 Å². The van der Waals surface area contributed by atoms with E-state index in [9.17, 15) is 18.5 Å². The van der Waals surface area contributed by atoms with Crippen LogP contribution in [0.15, 0.2) is 29.4 Å². The van der Waals surface area contributed by atoms with Crippen molar-refractivity contribution in [3.05, 3.63) is 24.5 Å². The summed E-state index contributed by atoms with van der Waals surface area (Å²) in [5.74, 6) is -0.366. The maximum absolute atomic E-state index is 12.6. The van der Waals surface area contributed by atoms with Gasteiger partial charge in [0.25, 0.3) is 0 Å². The average Bonchev–Trinajstić information content (AvgIpc) is 2.69. The molecule has 1 aliphatic heterocycles. The molecule has 1 amide bonds. The number of carbonyl (C=O) groups is 1. The number of nitrogens with one attached hydrogen (secondary N) is 1. The van der Waals surface area contributed by atoms with Crippen LogP contribution >= 0.6 is 0 Å². The second-order valence-electron chi connectivity index (χ2n) is 7.11. The van der Waals surface area contributed by atoms with Crippen LogP contribution in [0.25, 0.3) is 0 Å². The van der Waals surface area contributed by atoms with Crippen molar-refractivity contribution in [1.82, 2.24) is 14.6 Å². The van der Waals surface area contributed by atoms with Crippen LogP contribution in [0.5, 0.6) is 0 Å². The van der Waals surface area contributed by atoms with E-state index in [-0.39, 0.29) is 16.7 Å². The van der Waals surface area contributed by atoms with Crippen molar-refractivity contribution in [2.75, 3.05) is 13.1 Å². The predicted molar refractivity (Wildman–Crippen MR) is 95.3 cm³/mol. The summed E-state index contributed by atoms with van der Waals surface area (Å²) < 4.78 is 26.7. The summed E-state index contributed by atoms with van der Waals surface area (Å²) in [5, 5.41) is 12.5. The molecule has 0 unspecified atom stereocenters. The molecule has 3 rings (SSSR count). The number of pyridine rings is 1. The smallest absolute Gasteiger partial charge is 0.244 e. The molecule has 2 fully saturated rings. The van der Waals surface area contributed by atoms with Gasteiger partial charge in [0.1, 0.15) is 10.4 Å². The van der Waals surface area contributed by atoms with E-state index in [2.05, 4.69) is 16.4 Å². The molecule has 2 aliphatic rings. The minimum absolute atomic E-state index is 0.119. The molecule has 2 heterocycles. The maximum atomic E-state index is 12.6. The molecular formula is C18H24N4O3S. The molecule has 7 nitrogen and oxygen atoms in total. The number of carbonyl (C=O) groups excluding carboxylic acids is 1. The first-order valence-corrected chi connectivity index (χ1v) is 10.5. The summed E-state index contributed by atoms with van der Waals surface area (Å²) >= 11 is 0. The average molecular weight is 376 g/mol. The fourth-order valence-corrected chi connectivity index (χ4v) is 5.20. The molecule has 1 saturated carbocycles. The predicted octanol–water partition coefficient (Wildman–Crippen LogP) is 1.82. The summed E-state index contributed by atoms with van der Waals surface area (Å²) in [6, 6.07) is 5.42. The molecule has 1 aliphatic carbocycles. The van der Waals surface area contributed by atoms with Gasteiger partial charge in [-0.1, -0.05) is 19.3 Å². The molecule has 26 heavy (non-hydrogen) atoms. The zero-order chi connectivity index (χ0) is 18.6. The third-order valence-electron chi connectivity index (χ3n) is 5.38. The van der Waals surface area contributed by atoms with Gasteiger partial charge in [-0.3, -0.25) is 9.78 Å². The van der Waals surface area contributed by atoms with Crippen molar-refractivity contribution in [2.24, 2.45) is 5.92 Å². The molecule has 1 aromatic rings. The van der Waals surface area contributed by atoms with E-state index in [4.69, 9.17) is 0 Å². The molecule has 8 heteroatoms. The Balaban J connectivity index is 1.60. The van der Waals surface area contributed by atoms with Gasteiger partial charge in [0.2, 0.25) is 15.9 Å². The van der Waals surface area contributed by atoms with Gasteiger partial charge in [0.05, 0.1) is 6.07 Å². The molecule has 140 valence electrons. The number of aromatic nitrogens is 1. The molecule has 0 atom stereocenters. The van der Waals surface area contributed by atoms with Gasteiger partial charge < -0.3 is 5.32 Å². The Kier molecular flexibility index (Phi) is 5.58. The van der Waals surface area contributed by atoms with E-state index in [1.165, 1.54) is 22.8 Å². The Bertz CT molecular complexity index is 774. The lowest BCUT2D eigenvalue weighted by molar-refractivity contribution is -0.127. The van der Waals surface area contributed by atoms with Crippen LogP contribution in [0.2, 0.25) is 0 Å². The van der Waals surface area contributed by atoms with Crippen LogP contribution in [0, 0.1) is 17.2 Å². The monoisotopic (exact) mass is 376 g/mol. The molecule has 0 spiro atoms. The third kappa shape index (κ3) is 3.89. The number of amides is 1. The van der Waals surface area contributed by atoms with E-state index < -0.39 is 15.6 Å². The minimum atomic E-state index is -3.57. The highest BCUT2D eigenvalue weighted by Gasteiger charge is 2.37. The van der Waals surface area contributed by atoms with Crippen LogP contribution in [-0.2, 0) is 14.8 Å². The Morgan fingerprint density at radius 1 is 1.27 bits per heavy atom. The van der Waals surface area contributed by atoms with Crippen molar-refractivity contribution in [3.63, 3.8) is 0 Å². The first-order chi connectivity index (χ1) is 12.5. The second-order valence-corrected chi connectivity index (χ2v) is 9.05. The van der Waals surface area contributed by atoms with Gasteiger partial charge in [0, 0.05) is 31.4 Å². The second kappa shape index (κ2) is 7.72. The number of nitriles is 1. The summed E-state index contributed by atoms with van der Waals surface area (Å²) in [7, 11) is -3.57. The van der Waals surface area contributed by atoms with Crippen LogP contribution < -0.4 is 5.32 Å². The number of nitrogens with zero attached hydrogens (tertiary/aromatic N) is 3. The molecule has 0 aromatic carbocycles. The highest BCUT2D eigenvalue weighted by Crippen LogP contribution is 2.29. The normalized spacial score (nSPS) is 21.7. The van der Waals surface area contributed by atoms with Gasteiger partial charge in [-0.05, 0) is 37.8 Å². The van der Waals surface area contributed by atoms with Crippen molar-refractivity contribution in [3.8, 4) is 6.07 Å². The largest absolute Gasteiger partial charge is 0.338 e. The molecule has 0 radical (unpaired) electrons. The lowest BCUT2D eigenvalue weighted by Crippen LogP contribution is -2.52. The Labute approximate surface area is 154 Å². The van der Waals surface area contributed by atoms with Gasteiger partial charge in [-0.15, -0.1) is 0 Å². The Morgan fingerprint density at radius 3 is 2.54 bits per heavy atom. The van der Waals surface area contributed by atoms with Crippen molar-refractivity contribution < 1.29 is 13.2 Å². The summed E-state index contributed by atoms with van der Waals surface area (Å²) in [5.41, 5.74) is -0.742. The zero-order valence-electron chi connectivity index (χ0n) is 14.7. The highest BCUT2D eigenvalue weighted by atomic mass is 32.2. The summed E-state index contributed by atoms with van der Waals surface area (Å²) in [6.45, 7) is 0.601. The highest BCUT2D eigenvalue weighted by molar-refractivity contribution is 7.89. The first-order valence-electron chi connectivity index (χ1n) is 9.10. The van der Waals surface area contributed by atoms with Gasteiger partial charge >= 0.3 is 0 Å². The molecule has 1 aromatic heterocycles. The summed E-state index contributed by atoms with van der Waals surface area (Å²) in [6.07, 6.45) is 8.21. The van der Waals surface area contributed by atoms with Gasteiger partial charge in [0.15, 0.2) is 0 Å². The zero-order valence-corrected chi connectivity index (χ0v) is 15.5. The van der Waals surface area contributed by atoms with E-state index in [1.54, 1.807) is 6.07 Å². The van der Waals surface area contributed by atoms with E-state index >= 15 is 0 Å². The fraction of sp³-hybridized carbons (Fsp3) is 0.611. The van der Waals surface area contributed by atoms with E-state index in [1.807, 2.05) is 0 Å². The summed E-state index contributed by atoms with van der Waals surface area (Å²) in [4.78, 5) is 16.7. The van der Waals surface area contributed by atoms with Crippen molar-refractivity contribution in [1.29, 1.82) is 5.26 Å². The number of piperidine rings is 1. The lowest BCUT2D eigenvalue weighted by Gasteiger charge is -2.35. The van der Waals surface area contributed by atoms with Crippen LogP contribution in [0.3, 0.4) is 0 Å². The molecule has 1 N–H and O–H groups in total. The molecule has 1 saturated heterocycles. The van der Waals surface area contributed by atoms with E-state index in [0.717, 1.165) is 19.3 Å². The van der Waals surface area contributed by atoms with Crippen LogP contribution in [-0.4, -0.2) is 42.2 Å². The fourth-order valence-electron chi connectivity index (χ4n) is 3.77.